The van der Waals surface area contributed by atoms with E-state index in [1.54, 1.807) is 19.4 Å². The Morgan fingerprint density at radius 3 is 2.74 bits per heavy atom. The van der Waals surface area contributed by atoms with E-state index in [9.17, 15) is 4.79 Å². The van der Waals surface area contributed by atoms with Gasteiger partial charge in [0.1, 0.15) is 0 Å². The van der Waals surface area contributed by atoms with Gasteiger partial charge in [-0.3, -0.25) is 9.78 Å². The van der Waals surface area contributed by atoms with E-state index in [0.717, 1.165) is 23.1 Å². The molecular weight excluding hydrogens is 262 g/mol. The van der Waals surface area contributed by atoms with Crippen LogP contribution in [-0.4, -0.2) is 38.5 Å². The molecule has 0 aliphatic rings. The molecule has 1 N–H and O–H groups in total. The van der Waals surface area contributed by atoms with Crippen molar-refractivity contribution in [1.29, 1.82) is 0 Å². The molecule has 7 heteroatoms. The van der Waals surface area contributed by atoms with E-state index in [-0.39, 0.29) is 5.91 Å². The number of amides is 1. The molecule has 0 atom stereocenters. The van der Waals surface area contributed by atoms with Crippen LogP contribution in [0.25, 0.3) is 11.4 Å². The molecule has 0 saturated heterocycles. The van der Waals surface area contributed by atoms with Crippen LogP contribution in [0.5, 0.6) is 0 Å². The average molecular weight is 277 g/mol. The van der Waals surface area contributed by atoms with Crippen LogP contribution in [0.2, 0.25) is 0 Å². The zero-order valence-corrected chi connectivity index (χ0v) is 11.6. The minimum atomic E-state index is -0.0267. The van der Waals surface area contributed by atoms with Crippen molar-refractivity contribution in [2.75, 3.05) is 12.8 Å². The Hall–Kier alpha value is -1.89. The Bertz CT molecular complexity index is 555. The van der Waals surface area contributed by atoms with Gasteiger partial charge in [0.25, 0.3) is 0 Å². The number of carbonyl (C=O) groups is 1. The molecule has 0 aliphatic carbocycles. The van der Waals surface area contributed by atoms with Gasteiger partial charge in [-0.15, -0.1) is 10.2 Å². The van der Waals surface area contributed by atoms with Gasteiger partial charge in [-0.25, -0.2) is 0 Å². The van der Waals surface area contributed by atoms with Gasteiger partial charge in [0.15, 0.2) is 11.0 Å². The Morgan fingerprint density at radius 1 is 1.37 bits per heavy atom. The van der Waals surface area contributed by atoms with Crippen molar-refractivity contribution in [1.82, 2.24) is 25.1 Å². The highest BCUT2D eigenvalue weighted by molar-refractivity contribution is 7.99. The van der Waals surface area contributed by atoms with Crippen molar-refractivity contribution in [3.63, 3.8) is 0 Å². The molecule has 0 bridgehead atoms. The number of carbonyl (C=O) groups excluding carboxylic acids is 1. The van der Waals surface area contributed by atoms with Crippen molar-refractivity contribution in [3.8, 4) is 11.4 Å². The van der Waals surface area contributed by atoms with Gasteiger partial charge in [0.2, 0.25) is 5.91 Å². The third kappa shape index (κ3) is 3.11. The summed E-state index contributed by atoms with van der Waals surface area (Å²) in [4.78, 5) is 15.3. The fourth-order valence-corrected chi connectivity index (χ4v) is 2.47. The minimum Gasteiger partial charge on any atom is -0.358 e. The SMILES string of the molecule is CCn1c(SCC(=O)NC)nnc1-c1ccncc1. The summed E-state index contributed by atoms with van der Waals surface area (Å²) in [5.74, 6) is 1.11. The molecule has 2 heterocycles. The van der Waals surface area contributed by atoms with E-state index >= 15 is 0 Å². The van der Waals surface area contributed by atoms with Gasteiger partial charge in [-0.05, 0) is 19.1 Å². The van der Waals surface area contributed by atoms with Gasteiger partial charge in [0.05, 0.1) is 5.75 Å². The number of nitrogens with one attached hydrogen (secondary N) is 1. The van der Waals surface area contributed by atoms with Gasteiger partial charge >= 0.3 is 0 Å². The number of hydrogen-bond acceptors (Lipinski definition) is 5. The summed E-state index contributed by atoms with van der Waals surface area (Å²) in [6.07, 6.45) is 3.45. The van der Waals surface area contributed by atoms with Crippen LogP contribution in [0.15, 0.2) is 29.7 Å². The maximum absolute atomic E-state index is 11.3. The first-order valence-electron chi connectivity index (χ1n) is 5.93. The fourth-order valence-electron chi connectivity index (χ4n) is 1.60. The highest BCUT2D eigenvalue weighted by Crippen LogP contribution is 2.23. The van der Waals surface area contributed by atoms with Crippen molar-refractivity contribution >= 4 is 17.7 Å². The topological polar surface area (TPSA) is 72.7 Å². The molecule has 2 rings (SSSR count). The summed E-state index contributed by atoms with van der Waals surface area (Å²) < 4.78 is 1.99. The van der Waals surface area contributed by atoms with Crippen LogP contribution >= 0.6 is 11.8 Å². The number of aromatic nitrogens is 4. The van der Waals surface area contributed by atoms with E-state index in [4.69, 9.17) is 0 Å². The summed E-state index contributed by atoms with van der Waals surface area (Å²) in [5, 5.41) is 11.7. The molecule has 100 valence electrons. The fraction of sp³-hybridized carbons (Fsp3) is 0.333. The maximum atomic E-state index is 11.3. The Labute approximate surface area is 115 Å². The molecule has 0 radical (unpaired) electrons. The van der Waals surface area contributed by atoms with E-state index in [1.807, 2.05) is 23.6 Å². The molecule has 1 amide bonds. The third-order valence-electron chi connectivity index (χ3n) is 2.58. The quantitative estimate of drug-likeness (QED) is 0.831. The summed E-state index contributed by atoms with van der Waals surface area (Å²) in [6, 6.07) is 3.78. The third-order valence-corrected chi connectivity index (χ3v) is 3.55. The van der Waals surface area contributed by atoms with Gasteiger partial charge in [-0.1, -0.05) is 11.8 Å². The Balaban J connectivity index is 2.23. The molecule has 6 nitrogen and oxygen atoms in total. The van der Waals surface area contributed by atoms with Gasteiger partial charge in [-0.2, -0.15) is 0 Å². The Kier molecular flexibility index (Phi) is 4.51. The highest BCUT2D eigenvalue weighted by atomic mass is 32.2. The van der Waals surface area contributed by atoms with Crippen molar-refractivity contribution in [2.45, 2.75) is 18.6 Å². The van der Waals surface area contributed by atoms with Crippen molar-refractivity contribution in [2.24, 2.45) is 0 Å². The molecule has 0 aliphatic heterocycles. The molecule has 0 unspecified atom stereocenters. The maximum Gasteiger partial charge on any atom is 0.230 e. The molecule has 0 saturated carbocycles. The molecule has 19 heavy (non-hydrogen) atoms. The van der Waals surface area contributed by atoms with Crippen LogP contribution in [0, 0.1) is 0 Å². The first kappa shape index (κ1) is 13.5. The van der Waals surface area contributed by atoms with E-state index in [1.165, 1.54) is 11.8 Å². The molecule has 2 aromatic heterocycles. The van der Waals surface area contributed by atoms with Crippen LogP contribution in [0.1, 0.15) is 6.92 Å². The lowest BCUT2D eigenvalue weighted by molar-refractivity contribution is -0.118. The smallest absolute Gasteiger partial charge is 0.230 e. The van der Waals surface area contributed by atoms with Crippen LogP contribution < -0.4 is 5.32 Å². The second kappa shape index (κ2) is 6.33. The summed E-state index contributed by atoms with van der Waals surface area (Å²) in [5.41, 5.74) is 0.969. The van der Waals surface area contributed by atoms with Crippen LogP contribution in [0.3, 0.4) is 0 Å². The first-order chi connectivity index (χ1) is 9.26. The largest absolute Gasteiger partial charge is 0.358 e. The first-order valence-corrected chi connectivity index (χ1v) is 6.91. The lowest BCUT2D eigenvalue weighted by atomic mass is 10.2. The van der Waals surface area contributed by atoms with Crippen molar-refractivity contribution in [3.05, 3.63) is 24.5 Å². The predicted molar refractivity (Wildman–Crippen MR) is 73.7 cm³/mol. The lowest BCUT2D eigenvalue weighted by Crippen LogP contribution is -2.20. The number of thioether (sulfide) groups is 1. The van der Waals surface area contributed by atoms with Crippen LogP contribution in [-0.2, 0) is 11.3 Å². The van der Waals surface area contributed by atoms with E-state index in [2.05, 4.69) is 20.5 Å². The van der Waals surface area contributed by atoms with Crippen molar-refractivity contribution < 1.29 is 4.79 Å². The standard InChI is InChI=1S/C12H15N5OS/c1-3-17-11(9-4-6-14-7-5-9)15-16-12(17)19-8-10(18)13-2/h4-7H,3,8H2,1-2H3,(H,13,18). The minimum absolute atomic E-state index is 0.0267. The van der Waals surface area contributed by atoms with Crippen LogP contribution in [0.4, 0.5) is 0 Å². The summed E-state index contributed by atoms with van der Waals surface area (Å²) >= 11 is 1.38. The highest BCUT2D eigenvalue weighted by Gasteiger charge is 2.13. The monoisotopic (exact) mass is 277 g/mol. The Morgan fingerprint density at radius 2 is 2.11 bits per heavy atom. The number of rotatable bonds is 5. The zero-order chi connectivity index (χ0) is 13.7. The van der Waals surface area contributed by atoms with Gasteiger partial charge in [0, 0.05) is 31.5 Å². The molecule has 2 aromatic rings. The molecule has 0 aromatic carbocycles. The second-order valence-electron chi connectivity index (χ2n) is 3.75. The predicted octanol–water partition coefficient (Wildman–Crippen LogP) is 1.20. The van der Waals surface area contributed by atoms with Gasteiger partial charge < -0.3 is 9.88 Å². The lowest BCUT2D eigenvalue weighted by Gasteiger charge is -2.06. The number of hydrogen-bond donors (Lipinski definition) is 1. The number of nitrogens with zero attached hydrogens (tertiary/aromatic N) is 4. The summed E-state index contributed by atoms with van der Waals surface area (Å²) in [7, 11) is 1.62. The molecule has 0 spiro atoms. The number of pyridine rings is 1. The average Bonchev–Trinajstić information content (AvgIpc) is 2.88. The molecule has 0 fully saturated rings. The van der Waals surface area contributed by atoms with E-state index < -0.39 is 0 Å². The normalized spacial score (nSPS) is 10.4. The molecular formula is C12H15N5OS. The zero-order valence-electron chi connectivity index (χ0n) is 10.8. The van der Waals surface area contributed by atoms with E-state index in [0.29, 0.717) is 5.75 Å². The second-order valence-corrected chi connectivity index (χ2v) is 4.69. The summed E-state index contributed by atoms with van der Waals surface area (Å²) in [6.45, 7) is 2.78.